The maximum absolute atomic E-state index is 11.0. The van der Waals surface area contributed by atoms with Crippen LogP contribution in [0, 0.1) is 5.92 Å². The molecule has 2 heterocycles. The summed E-state index contributed by atoms with van der Waals surface area (Å²) in [6.07, 6.45) is 5.36. The first-order chi connectivity index (χ1) is 8.67. The molecule has 18 heavy (non-hydrogen) atoms. The van der Waals surface area contributed by atoms with Crippen molar-refractivity contribution >= 4 is 5.78 Å². The van der Waals surface area contributed by atoms with Gasteiger partial charge in [0.25, 0.3) is 0 Å². The normalized spacial score (nSPS) is 18.1. The fourth-order valence-corrected chi connectivity index (χ4v) is 2.53. The number of oxazole rings is 1. The average Bonchev–Trinajstić information content (AvgIpc) is 2.76. The van der Waals surface area contributed by atoms with Gasteiger partial charge in [-0.25, -0.2) is 4.98 Å². The molecule has 1 aliphatic rings. The van der Waals surface area contributed by atoms with Gasteiger partial charge in [-0.3, -0.25) is 4.79 Å². The topological polar surface area (TPSA) is 46.3 Å². The van der Waals surface area contributed by atoms with Crippen LogP contribution < -0.4 is 0 Å². The zero-order chi connectivity index (χ0) is 13.0. The van der Waals surface area contributed by atoms with Crippen molar-refractivity contribution in [1.82, 2.24) is 9.88 Å². The molecular weight excluding hydrogens is 228 g/mol. The maximum atomic E-state index is 11.0. The van der Waals surface area contributed by atoms with Gasteiger partial charge in [0, 0.05) is 6.42 Å². The highest BCUT2D eigenvalue weighted by Crippen LogP contribution is 2.21. The Hall–Kier alpha value is -1.16. The lowest BCUT2D eigenvalue weighted by Crippen LogP contribution is -2.34. The third-order valence-corrected chi connectivity index (χ3v) is 3.65. The Bertz CT molecular complexity index is 392. The van der Waals surface area contributed by atoms with E-state index in [0.717, 1.165) is 24.6 Å². The van der Waals surface area contributed by atoms with E-state index >= 15 is 0 Å². The number of hydrogen-bond donors (Lipinski definition) is 0. The first kappa shape index (κ1) is 13.3. The van der Waals surface area contributed by atoms with Gasteiger partial charge in [0.2, 0.25) is 0 Å². The number of carbonyl (C=O) groups excluding carboxylic acids is 1. The highest BCUT2D eigenvalue weighted by molar-refractivity contribution is 5.77. The van der Waals surface area contributed by atoms with E-state index in [1.165, 1.54) is 25.9 Å². The predicted octanol–water partition coefficient (Wildman–Crippen LogP) is 2.08. The van der Waals surface area contributed by atoms with Gasteiger partial charge in [-0.1, -0.05) is 6.92 Å². The van der Waals surface area contributed by atoms with Crippen LogP contribution in [0.1, 0.15) is 38.3 Å². The summed E-state index contributed by atoms with van der Waals surface area (Å²) < 4.78 is 5.44. The van der Waals surface area contributed by atoms with E-state index in [-0.39, 0.29) is 5.78 Å². The fraction of sp³-hybridized carbons (Fsp3) is 0.714. The Morgan fingerprint density at radius 2 is 2.22 bits per heavy atom. The van der Waals surface area contributed by atoms with Gasteiger partial charge in [-0.2, -0.15) is 0 Å². The second-order valence-corrected chi connectivity index (χ2v) is 5.19. The molecule has 1 aromatic heterocycles. The molecule has 0 aromatic carbocycles. The number of aromatic nitrogens is 1. The van der Waals surface area contributed by atoms with Crippen LogP contribution in [0.4, 0.5) is 0 Å². The molecule has 0 spiro atoms. The number of Topliss-reactive ketones (excluding diaryl/α,β-unsaturated/α-hetero) is 1. The van der Waals surface area contributed by atoms with Crippen molar-refractivity contribution in [1.29, 1.82) is 0 Å². The minimum atomic E-state index is 0.131. The molecule has 4 heteroatoms. The Morgan fingerprint density at radius 3 is 2.83 bits per heavy atom. The first-order valence-electron chi connectivity index (χ1n) is 6.82. The molecule has 0 atom stereocenters. The lowest BCUT2D eigenvalue weighted by Gasteiger charge is -2.30. The van der Waals surface area contributed by atoms with Gasteiger partial charge in [-0.15, -0.1) is 0 Å². The number of ketones is 1. The smallest absolute Gasteiger partial charge is 0.194 e. The molecule has 0 bridgehead atoms. The molecule has 0 amide bonds. The van der Waals surface area contributed by atoms with E-state index in [0.29, 0.717) is 12.3 Å². The summed E-state index contributed by atoms with van der Waals surface area (Å²) in [5.74, 6) is 1.60. The lowest BCUT2D eigenvalue weighted by atomic mass is 9.93. The maximum Gasteiger partial charge on any atom is 0.194 e. The van der Waals surface area contributed by atoms with E-state index < -0.39 is 0 Å². The van der Waals surface area contributed by atoms with Gasteiger partial charge in [0.15, 0.2) is 5.89 Å². The minimum absolute atomic E-state index is 0.131. The van der Waals surface area contributed by atoms with Crippen LogP contribution >= 0.6 is 0 Å². The summed E-state index contributed by atoms with van der Waals surface area (Å²) >= 11 is 0. The summed E-state index contributed by atoms with van der Waals surface area (Å²) in [4.78, 5) is 17.9. The summed E-state index contributed by atoms with van der Waals surface area (Å²) in [5, 5.41) is 0. The number of rotatable bonds is 5. The number of nitrogens with zero attached hydrogens (tertiary/aromatic N) is 2. The number of hydrogen-bond acceptors (Lipinski definition) is 4. The van der Waals surface area contributed by atoms with Crippen molar-refractivity contribution in [2.75, 3.05) is 19.6 Å². The summed E-state index contributed by atoms with van der Waals surface area (Å²) in [5.41, 5.74) is 0.767. The third-order valence-electron chi connectivity index (χ3n) is 3.65. The molecule has 0 radical (unpaired) electrons. The fourth-order valence-electron chi connectivity index (χ4n) is 2.53. The van der Waals surface area contributed by atoms with Crippen molar-refractivity contribution in [3.63, 3.8) is 0 Å². The van der Waals surface area contributed by atoms with Crippen LogP contribution in [0.15, 0.2) is 10.7 Å². The van der Waals surface area contributed by atoms with E-state index in [9.17, 15) is 4.79 Å². The van der Waals surface area contributed by atoms with Crippen molar-refractivity contribution in [2.45, 2.75) is 39.5 Å². The van der Waals surface area contributed by atoms with Crippen LogP contribution in [0.3, 0.4) is 0 Å². The quantitative estimate of drug-likeness (QED) is 0.802. The molecule has 1 aromatic rings. The van der Waals surface area contributed by atoms with E-state index in [1.54, 1.807) is 13.2 Å². The van der Waals surface area contributed by atoms with E-state index in [4.69, 9.17) is 4.42 Å². The van der Waals surface area contributed by atoms with Gasteiger partial charge in [0.1, 0.15) is 12.0 Å². The second-order valence-electron chi connectivity index (χ2n) is 5.19. The van der Waals surface area contributed by atoms with Gasteiger partial charge in [0.05, 0.1) is 12.1 Å². The number of carbonyl (C=O) groups is 1. The zero-order valence-corrected chi connectivity index (χ0v) is 11.3. The summed E-state index contributed by atoms with van der Waals surface area (Å²) in [7, 11) is 0. The number of piperidine rings is 1. The third kappa shape index (κ3) is 3.67. The van der Waals surface area contributed by atoms with Crippen LogP contribution in [-0.2, 0) is 17.6 Å². The summed E-state index contributed by atoms with van der Waals surface area (Å²) in [6.45, 7) is 7.30. The Morgan fingerprint density at radius 1 is 1.50 bits per heavy atom. The van der Waals surface area contributed by atoms with Gasteiger partial charge in [-0.05, 0) is 45.3 Å². The Balaban J connectivity index is 1.83. The summed E-state index contributed by atoms with van der Waals surface area (Å²) in [6, 6.07) is 0. The highest BCUT2D eigenvalue weighted by atomic mass is 16.3. The minimum Gasteiger partial charge on any atom is -0.449 e. The Labute approximate surface area is 108 Å². The SMILES string of the molecule is CCN1CCC(Cc2nc(CC(C)=O)co2)CC1. The van der Waals surface area contributed by atoms with Crippen molar-refractivity contribution < 1.29 is 9.21 Å². The largest absolute Gasteiger partial charge is 0.449 e. The van der Waals surface area contributed by atoms with Crippen LogP contribution in [0.5, 0.6) is 0 Å². The number of likely N-dealkylation sites (tertiary alicyclic amines) is 1. The lowest BCUT2D eigenvalue weighted by molar-refractivity contribution is -0.116. The first-order valence-corrected chi connectivity index (χ1v) is 6.82. The van der Waals surface area contributed by atoms with Gasteiger partial charge < -0.3 is 9.32 Å². The molecule has 1 saturated heterocycles. The van der Waals surface area contributed by atoms with Gasteiger partial charge >= 0.3 is 0 Å². The molecule has 0 aliphatic carbocycles. The van der Waals surface area contributed by atoms with Crippen molar-refractivity contribution in [3.05, 3.63) is 17.8 Å². The van der Waals surface area contributed by atoms with E-state index in [1.807, 2.05) is 0 Å². The van der Waals surface area contributed by atoms with Crippen LogP contribution in [0.2, 0.25) is 0 Å². The molecule has 1 aliphatic heterocycles. The zero-order valence-electron chi connectivity index (χ0n) is 11.3. The van der Waals surface area contributed by atoms with Crippen molar-refractivity contribution in [2.24, 2.45) is 5.92 Å². The molecule has 2 rings (SSSR count). The van der Waals surface area contributed by atoms with E-state index in [2.05, 4.69) is 16.8 Å². The molecule has 4 nitrogen and oxygen atoms in total. The second kappa shape index (κ2) is 6.14. The Kier molecular flexibility index (Phi) is 4.53. The molecular formula is C14H22N2O2. The molecule has 100 valence electrons. The van der Waals surface area contributed by atoms with Crippen molar-refractivity contribution in [3.8, 4) is 0 Å². The molecule has 0 unspecified atom stereocenters. The molecule has 0 saturated carbocycles. The van der Waals surface area contributed by atoms with Crippen LogP contribution in [-0.4, -0.2) is 35.3 Å². The van der Waals surface area contributed by atoms with Crippen LogP contribution in [0.25, 0.3) is 0 Å². The molecule has 1 fully saturated rings. The monoisotopic (exact) mass is 250 g/mol. The predicted molar refractivity (Wildman–Crippen MR) is 69.4 cm³/mol. The molecule has 0 N–H and O–H groups in total. The highest BCUT2D eigenvalue weighted by Gasteiger charge is 2.20. The standard InChI is InChI=1S/C14H22N2O2/c1-3-16-6-4-12(5-7-16)9-14-15-13(10-18-14)8-11(2)17/h10,12H,3-9H2,1-2H3. The average molecular weight is 250 g/mol.